The lowest BCUT2D eigenvalue weighted by Crippen LogP contribution is -2.52. The third kappa shape index (κ3) is 7.97. The summed E-state index contributed by atoms with van der Waals surface area (Å²) in [5.74, 6) is -0.856. The maximum Gasteiger partial charge on any atom is 0.264 e. The van der Waals surface area contributed by atoms with Gasteiger partial charge in [-0.15, -0.1) is 0 Å². The minimum Gasteiger partial charge on any atom is -0.352 e. The Balaban J connectivity index is 2.02. The number of aryl methyl sites for hydroxylation is 1. The summed E-state index contributed by atoms with van der Waals surface area (Å²) in [5.41, 5.74) is 1.91. The number of carbonyl (C=O) groups excluding carboxylic acids is 2. The highest BCUT2D eigenvalue weighted by Gasteiger charge is 2.32. The molecule has 0 aliphatic rings. The number of nitrogens with one attached hydrogen (secondary N) is 1. The van der Waals surface area contributed by atoms with Crippen LogP contribution in [0.5, 0.6) is 0 Å². The van der Waals surface area contributed by atoms with Crippen LogP contribution >= 0.6 is 23.2 Å². The minimum atomic E-state index is -4.15. The van der Waals surface area contributed by atoms with Gasteiger partial charge in [0.25, 0.3) is 10.0 Å². The zero-order valence-corrected chi connectivity index (χ0v) is 24.7. The van der Waals surface area contributed by atoms with Crippen LogP contribution in [0.25, 0.3) is 0 Å². The summed E-state index contributed by atoms with van der Waals surface area (Å²) in [6.45, 7) is 6.89. The van der Waals surface area contributed by atoms with Crippen molar-refractivity contribution in [3.8, 4) is 0 Å². The van der Waals surface area contributed by atoms with Crippen LogP contribution in [-0.4, -0.2) is 43.8 Å². The van der Waals surface area contributed by atoms with Crippen LogP contribution in [-0.2, 0) is 26.2 Å². The Morgan fingerprint density at radius 3 is 2.08 bits per heavy atom. The average molecular weight is 591 g/mol. The maximum atomic E-state index is 13.9. The number of carbonyl (C=O) groups is 2. The molecule has 2 atom stereocenters. The van der Waals surface area contributed by atoms with E-state index in [4.69, 9.17) is 23.2 Å². The van der Waals surface area contributed by atoms with E-state index in [1.807, 2.05) is 26.8 Å². The second-order valence-electron chi connectivity index (χ2n) is 9.45. The number of rotatable bonds is 11. The van der Waals surface area contributed by atoms with Gasteiger partial charge in [-0.1, -0.05) is 54.4 Å². The molecule has 2 amide bonds. The summed E-state index contributed by atoms with van der Waals surface area (Å²) in [5, 5.41) is 3.85. The zero-order valence-electron chi connectivity index (χ0n) is 22.4. The van der Waals surface area contributed by atoms with E-state index < -0.39 is 28.5 Å². The van der Waals surface area contributed by atoms with Crippen molar-refractivity contribution >= 4 is 50.7 Å². The lowest BCUT2D eigenvalue weighted by molar-refractivity contribution is -0.139. The predicted octanol–water partition coefficient (Wildman–Crippen LogP) is 5.83. The molecule has 0 saturated carbocycles. The van der Waals surface area contributed by atoms with Gasteiger partial charge in [0.05, 0.1) is 10.6 Å². The average Bonchev–Trinajstić information content (AvgIpc) is 2.90. The molecule has 0 saturated heterocycles. The molecular weight excluding hydrogens is 557 g/mol. The second kappa shape index (κ2) is 13.3. The third-order valence-corrected chi connectivity index (χ3v) is 8.70. The Morgan fingerprint density at radius 2 is 1.51 bits per heavy atom. The third-order valence-electron chi connectivity index (χ3n) is 6.40. The molecule has 39 heavy (non-hydrogen) atoms. The first-order valence-electron chi connectivity index (χ1n) is 12.6. The van der Waals surface area contributed by atoms with Gasteiger partial charge in [0.2, 0.25) is 11.8 Å². The molecule has 0 aliphatic carbocycles. The molecule has 0 aromatic heterocycles. The molecule has 0 unspecified atom stereocenters. The molecule has 0 bridgehead atoms. The van der Waals surface area contributed by atoms with E-state index in [0.29, 0.717) is 15.7 Å². The van der Waals surface area contributed by atoms with E-state index in [1.54, 1.807) is 49.4 Å². The molecule has 3 rings (SSSR count). The molecule has 10 heteroatoms. The number of hydrogen-bond donors (Lipinski definition) is 1. The monoisotopic (exact) mass is 589 g/mol. The number of nitrogens with zero attached hydrogens (tertiary/aromatic N) is 2. The lowest BCUT2D eigenvalue weighted by atomic mass is 10.1. The van der Waals surface area contributed by atoms with Gasteiger partial charge in [0.1, 0.15) is 12.6 Å². The van der Waals surface area contributed by atoms with Gasteiger partial charge in [-0.2, -0.15) is 0 Å². The number of halogens is 2. The normalized spacial score (nSPS) is 12.9. The van der Waals surface area contributed by atoms with Gasteiger partial charge < -0.3 is 10.2 Å². The van der Waals surface area contributed by atoms with E-state index in [9.17, 15) is 18.0 Å². The van der Waals surface area contributed by atoms with Crippen LogP contribution in [0.2, 0.25) is 10.0 Å². The Morgan fingerprint density at radius 1 is 0.923 bits per heavy atom. The van der Waals surface area contributed by atoms with Crippen LogP contribution in [0.4, 0.5) is 5.69 Å². The van der Waals surface area contributed by atoms with Crippen LogP contribution in [0.1, 0.15) is 38.3 Å². The fourth-order valence-electron chi connectivity index (χ4n) is 3.88. The SMILES string of the molecule is CC[C@@H](C)NC(=O)[C@H](C)N(Cc1ccc(Cl)cc1)C(=O)CN(c1cccc(C)c1)S(=O)(=O)c1ccc(Cl)cc1. The van der Waals surface area contributed by atoms with E-state index in [-0.39, 0.29) is 23.4 Å². The van der Waals surface area contributed by atoms with Gasteiger partial charge >= 0.3 is 0 Å². The highest BCUT2D eigenvalue weighted by atomic mass is 35.5. The topological polar surface area (TPSA) is 86.8 Å². The zero-order chi connectivity index (χ0) is 28.7. The smallest absolute Gasteiger partial charge is 0.264 e. The standard InChI is InChI=1S/C29H33Cl2N3O4S/c1-5-21(3)32-29(36)22(4)33(18-23-9-11-24(30)12-10-23)28(35)19-34(26-8-6-7-20(2)17-26)39(37,38)27-15-13-25(31)14-16-27/h6-17,21-22H,5,18-19H2,1-4H3,(H,32,36)/t21-,22+/m1/s1. The van der Waals surface area contributed by atoms with E-state index >= 15 is 0 Å². The first-order valence-corrected chi connectivity index (χ1v) is 14.8. The molecule has 0 heterocycles. The molecule has 208 valence electrons. The Kier molecular flexibility index (Phi) is 10.4. The Labute approximate surface area is 240 Å². The van der Waals surface area contributed by atoms with Crippen LogP contribution in [0, 0.1) is 6.92 Å². The van der Waals surface area contributed by atoms with Gasteiger partial charge in [-0.05, 0) is 86.8 Å². The highest BCUT2D eigenvalue weighted by molar-refractivity contribution is 7.92. The highest BCUT2D eigenvalue weighted by Crippen LogP contribution is 2.26. The van der Waals surface area contributed by atoms with Gasteiger partial charge in [0.15, 0.2) is 0 Å². The molecular formula is C29H33Cl2N3O4S. The van der Waals surface area contributed by atoms with Gasteiger partial charge in [0, 0.05) is 22.6 Å². The summed E-state index contributed by atoms with van der Waals surface area (Å²) >= 11 is 12.0. The van der Waals surface area contributed by atoms with Crippen molar-refractivity contribution in [2.75, 3.05) is 10.8 Å². The molecule has 3 aromatic carbocycles. The van der Waals surface area contributed by atoms with Crippen LogP contribution in [0.15, 0.2) is 77.7 Å². The number of sulfonamides is 1. The first kappa shape index (κ1) is 30.5. The Bertz CT molecular complexity index is 1400. The lowest BCUT2D eigenvalue weighted by Gasteiger charge is -2.32. The molecule has 0 aliphatic heterocycles. The number of benzene rings is 3. The van der Waals surface area contributed by atoms with Crippen molar-refractivity contribution in [2.45, 2.75) is 57.6 Å². The number of amides is 2. The molecule has 0 fully saturated rings. The molecule has 0 radical (unpaired) electrons. The number of anilines is 1. The van der Waals surface area contributed by atoms with Crippen molar-refractivity contribution in [1.29, 1.82) is 0 Å². The first-order chi connectivity index (χ1) is 18.4. The van der Waals surface area contributed by atoms with Crippen molar-refractivity contribution in [2.24, 2.45) is 0 Å². The van der Waals surface area contributed by atoms with E-state index in [1.165, 1.54) is 29.2 Å². The fourth-order valence-corrected chi connectivity index (χ4v) is 5.54. The van der Waals surface area contributed by atoms with Crippen molar-refractivity contribution < 1.29 is 18.0 Å². The second-order valence-corrected chi connectivity index (χ2v) is 12.2. The largest absolute Gasteiger partial charge is 0.352 e. The summed E-state index contributed by atoms with van der Waals surface area (Å²) < 4.78 is 28.7. The van der Waals surface area contributed by atoms with Crippen LogP contribution < -0.4 is 9.62 Å². The summed E-state index contributed by atoms with van der Waals surface area (Å²) in [6.07, 6.45) is 0.726. The van der Waals surface area contributed by atoms with Gasteiger partial charge in [-0.25, -0.2) is 8.42 Å². The van der Waals surface area contributed by atoms with Crippen molar-refractivity contribution in [1.82, 2.24) is 10.2 Å². The molecule has 1 N–H and O–H groups in total. The summed E-state index contributed by atoms with van der Waals surface area (Å²) in [7, 11) is -4.15. The molecule has 0 spiro atoms. The predicted molar refractivity (Wildman–Crippen MR) is 157 cm³/mol. The minimum absolute atomic E-state index is 0.00646. The fraction of sp³-hybridized carbons (Fsp3) is 0.310. The van der Waals surface area contributed by atoms with Crippen molar-refractivity contribution in [3.63, 3.8) is 0 Å². The Hall–Kier alpha value is -3.07. The molecule has 7 nitrogen and oxygen atoms in total. The summed E-state index contributed by atoms with van der Waals surface area (Å²) in [4.78, 5) is 28.4. The maximum absolute atomic E-state index is 13.9. The molecule has 3 aromatic rings. The number of hydrogen-bond acceptors (Lipinski definition) is 4. The van der Waals surface area contributed by atoms with Crippen molar-refractivity contribution in [3.05, 3.63) is 94.0 Å². The quantitative estimate of drug-likeness (QED) is 0.305. The van der Waals surface area contributed by atoms with Gasteiger partial charge in [-0.3, -0.25) is 13.9 Å². The van der Waals surface area contributed by atoms with E-state index in [2.05, 4.69) is 5.32 Å². The van der Waals surface area contributed by atoms with E-state index in [0.717, 1.165) is 21.9 Å². The van der Waals surface area contributed by atoms with Crippen LogP contribution in [0.3, 0.4) is 0 Å². The summed E-state index contributed by atoms with van der Waals surface area (Å²) in [6, 6.07) is 18.7.